The van der Waals surface area contributed by atoms with Crippen molar-refractivity contribution in [1.82, 2.24) is 15.1 Å². The Hall–Kier alpha value is -2.08. The zero-order chi connectivity index (χ0) is 18.7. The van der Waals surface area contributed by atoms with Crippen molar-refractivity contribution in [2.75, 3.05) is 13.6 Å². The van der Waals surface area contributed by atoms with E-state index in [-0.39, 0.29) is 30.8 Å². The molecule has 140 valence electrons. The molecular weight excluding hydrogens is 354 g/mol. The maximum Gasteiger partial charge on any atom is 0.325 e. The van der Waals surface area contributed by atoms with E-state index < -0.39 is 5.54 Å². The van der Waals surface area contributed by atoms with Crippen LogP contribution in [-0.4, -0.2) is 46.8 Å². The van der Waals surface area contributed by atoms with Gasteiger partial charge in [-0.1, -0.05) is 43.0 Å². The minimum Gasteiger partial charge on any atom is -0.341 e. The summed E-state index contributed by atoms with van der Waals surface area (Å²) in [4.78, 5) is 40.1. The Morgan fingerprint density at radius 3 is 2.50 bits per heavy atom. The Balaban J connectivity index is 1.54. The van der Waals surface area contributed by atoms with Crippen molar-refractivity contribution in [3.05, 3.63) is 34.9 Å². The first-order chi connectivity index (χ1) is 12.4. The van der Waals surface area contributed by atoms with Crippen LogP contribution in [0.4, 0.5) is 4.79 Å². The van der Waals surface area contributed by atoms with Crippen LogP contribution in [0.5, 0.6) is 0 Å². The number of nitrogens with one attached hydrogen (secondary N) is 1. The summed E-state index contributed by atoms with van der Waals surface area (Å²) in [7, 11) is 1.71. The summed E-state index contributed by atoms with van der Waals surface area (Å²) in [5.74, 6) is -0.277. The summed E-state index contributed by atoms with van der Waals surface area (Å²) in [5.41, 5.74) is 0.245. The smallest absolute Gasteiger partial charge is 0.325 e. The Kier molecular flexibility index (Phi) is 5.51. The third kappa shape index (κ3) is 3.85. The summed E-state index contributed by atoms with van der Waals surface area (Å²) in [6, 6.07) is 6.94. The first-order valence-corrected chi connectivity index (χ1v) is 9.42. The monoisotopic (exact) mass is 377 g/mol. The molecule has 2 fully saturated rings. The van der Waals surface area contributed by atoms with Crippen molar-refractivity contribution in [2.45, 2.75) is 50.6 Å². The fraction of sp³-hybridized carbons (Fsp3) is 0.526. The topological polar surface area (TPSA) is 69.7 Å². The molecule has 1 spiro atoms. The Labute approximate surface area is 158 Å². The van der Waals surface area contributed by atoms with E-state index in [1.165, 1.54) is 4.90 Å². The van der Waals surface area contributed by atoms with Gasteiger partial charge in [-0.2, -0.15) is 0 Å². The molecular formula is C19H24ClN3O3. The number of urea groups is 1. The number of hydrogen-bond donors (Lipinski definition) is 1. The summed E-state index contributed by atoms with van der Waals surface area (Å²) in [6.07, 6.45) is 4.50. The minimum absolute atomic E-state index is 0.106. The van der Waals surface area contributed by atoms with E-state index in [4.69, 9.17) is 11.6 Å². The van der Waals surface area contributed by atoms with Crippen LogP contribution in [0, 0.1) is 0 Å². The Morgan fingerprint density at radius 1 is 1.19 bits per heavy atom. The average Bonchev–Trinajstić information content (AvgIpc) is 2.85. The zero-order valence-electron chi connectivity index (χ0n) is 15.0. The predicted molar refractivity (Wildman–Crippen MR) is 98.6 cm³/mol. The van der Waals surface area contributed by atoms with Gasteiger partial charge in [0.25, 0.3) is 5.91 Å². The second-order valence-electron chi connectivity index (χ2n) is 7.16. The standard InChI is InChI=1S/C19H24ClN3O3/c1-22(13-14-5-7-15(20)8-6-14)16(24)9-12-23-17(25)19(21-18(23)26)10-3-2-4-11-19/h5-8H,2-4,9-13H2,1H3,(H,21,26). The molecule has 1 saturated carbocycles. The second-order valence-corrected chi connectivity index (χ2v) is 7.59. The quantitative estimate of drug-likeness (QED) is 0.802. The number of hydrogen-bond acceptors (Lipinski definition) is 3. The first kappa shape index (κ1) is 18.7. The molecule has 1 saturated heterocycles. The van der Waals surface area contributed by atoms with Crippen molar-refractivity contribution >= 4 is 29.4 Å². The summed E-state index contributed by atoms with van der Waals surface area (Å²) in [5, 5.41) is 3.52. The molecule has 1 aliphatic heterocycles. The number of carbonyl (C=O) groups excluding carboxylic acids is 3. The molecule has 0 radical (unpaired) electrons. The molecule has 1 aromatic rings. The van der Waals surface area contributed by atoms with E-state index in [0.717, 1.165) is 24.8 Å². The van der Waals surface area contributed by atoms with Crippen molar-refractivity contribution in [3.63, 3.8) is 0 Å². The van der Waals surface area contributed by atoms with E-state index in [9.17, 15) is 14.4 Å². The highest BCUT2D eigenvalue weighted by Gasteiger charge is 2.51. The number of benzene rings is 1. The average molecular weight is 378 g/mol. The highest BCUT2D eigenvalue weighted by molar-refractivity contribution is 6.30. The van der Waals surface area contributed by atoms with Gasteiger partial charge in [-0.25, -0.2) is 4.79 Å². The number of imide groups is 1. The van der Waals surface area contributed by atoms with Crippen LogP contribution in [-0.2, 0) is 16.1 Å². The lowest BCUT2D eigenvalue weighted by Crippen LogP contribution is -2.48. The van der Waals surface area contributed by atoms with Crippen LogP contribution in [0.15, 0.2) is 24.3 Å². The largest absolute Gasteiger partial charge is 0.341 e. The highest BCUT2D eigenvalue weighted by Crippen LogP contribution is 2.33. The van der Waals surface area contributed by atoms with Crippen molar-refractivity contribution in [3.8, 4) is 0 Å². The summed E-state index contributed by atoms with van der Waals surface area (Å²) in [6.45, 7) is 0.580. The van der Waals surface area contributed by atoms with Gasteiger partial charge in [0.05, 0.1) is 0 Å². The Bertz CT molecular complexity index is 698. The van der Waals surface area contributed by atoms with Crippen LogP contribution in [0.3, 0.4) is 0 Å². The highest BCUT2D eigenvalue weighted by atomic mass is 35.5. The fourth-order valence-electron chi connectivity index (χ4n) is 3.72. The zero-order valence-corrected chi connectivity index (χ0v) is 15.7. The predicted octanol–water partition coefficient (Wildman–Crippen LogP) is 2.94. The van der Waals surface area contributed by atoms with Gasteiger partial charge in [0.15, 0.2) is 0 Å². The third-order valence-electron chi connectivity index (χ3n) is 5.26. The molecule has 6 nitrogen and oxygen atoms in total. The van der Waals surface area contributed by atoms with Crippen LogP contribution in [0.1, 0.15) is 44.1 Å². The van der Waals surface area contributed by atoms with E-state index in [1.807, 2.05) is 12.1 Å². The Morgan fingerprint density at radius 2 is 1.85 bits per heavy atom. The molecule has 0 aromatic heterocycles. The van der Waals surface area contributed by atoms with Gasteiger partial charge in [0.1, 0.15) is 5.54 Å². The van der Waals surface area contributed by atoms with Gasteiger partial charge in [0, 0.05) is 31.6 Å². The van der Waals surface area contributed by atoms with Crippen LogP contribution >= 0.6 is 11.6 Å². The van der Waals surface area contributed by atoms with E-state index in [0.29, 0.717) is 24.4 Å². The molecule has 2 aliphatic rings. The lowest BCUT2D eigenvalue weighted by Gasteiger charge is -2.30. The number of halogens is 1. The van der Waals surface area contributed by atoms with Crippen LogP contribution in [0.2, 0.25) is 5.02 Å². The van der Waals surface area contributed by atoms with Gasteiger partial charge < -0.3 is 10.2 Å². The maximum absolute atomic E-state index is 12.7. The molecule has 0 atom stereocenters. The molecule has 26 heavy (non-hydrogen) atoms. The summed E-state index contributed by atoms with van der Waals surface area (Å²) < 4.78 is 0. The van der Waals surface area contributed by atoms with Crippen molar-refractivity contribution in [2.24, 2.45) is 0 Å². The third-order valence-corrected chi connectivity index (χ3v) is 5.51. The molecule has 1 aromatic carbocycles. The lowest BCUT2D eigenvalue weighted by atomic mass is 9.82. The van der Waals surface area contributed by atoms with Gasteiger partial charge in [-0.05, 0) is 30.5 Å². The van der Waals surface area contributed by atoms with E-state index in [1.54, 1.807) is 24.1 Å². The minimum atomic E-state index is -0.729. The SMILES string of the molecule is CN(Cc1ccc(Cl)cc1)C(=O)CCN1C(=O)NC2(CCCCC2)C1=O. The first-order valence-electron chi connectivity index (χ1n) is 9.04. The molecule has 0 bridgehead atoms. The van der Waals surface area contributed by atoms with Crippen LogP contribution < -0.4 is 5.32 Å². The number of rotatable bonds is 5. The van der Waals surface area contributed by atoms with Crippen molar-refractivity contribution in [1.29, 1.82) is 0 Å². The van der Waals surface area contributed by atoms with E-state index in [2.05, 4.69) is 5.32 Å². The van der Waals surface area contributed by atoms with Gasteiger partial charge in [-0.15, -0.1) is 0 Å². The number of carbonyl (C=O) groups is 3. The fourth-order valence-corrected chi connectivity index (χ4v) is 3.85. The number of nitrogens with zero attached hydrogens (tertiary/aromatic N) is 2. The molecule has 1 aliphatic carbocycles. The normalized spacial score (nSPS) is 18.9. The molecule has 7 heteroatoms. The van der Waals surface area contributed by atoms with Crippen LogP contribution in [0.25, 0.3) is 0 Å². The molecule has 0 unspecified atom stereocenters. The molecule has 1 N–H and O–H groups in total. The van der Waals surface area contributed by atoms with Gasteiger partial charge >= 0.3 is 6.03 Å². The molecule has 1 heterocycles. The van der Waals surface area contributed by atoms with Gasteiger partial charge in [0.2, 0.25) is 5.91 Å². The maximum atomic E-state index is 12.7. The van der Waals surface area contributed by atoms with Gasteiger partial charge in [-0.3, -0.25) is 14.5 Å². The van der Waals surface area contributed by atoms with E-state index >= 15 is 0 Å². The second kappa shape index (κ2) is 7.66. The molecule has 3 rings (SSSR count). The molecule has 4 amide bonds. The van der Waals surface area contributed by atoms with Crippen molar-refractivity contribution < 1.29 is 14.4 Å². The number of amides is 4. The lowest BCUT2D eigenvalue weighted by molar-refractivity contribution is -0.134. The summed E-state index contributed by atoms with van der Waals surface area (Å²) >= 11 is 5.87.